The molecule has 9 heteroatoms. The highest BCUT2D eigenvalue weighted by Crippen LogP contribution is 2.28. The van der Waals surface area contributed by atoms with Crippen LogP contribution in [0, 0.1) is 13.8 Å². The van der Waals surface area contributed by atoms with Crippen LogP contribution in [0.3, 0.4) is 0 Å². The fraction of sp³-hybridized carbons (Fsp3) is 0.286. The molecule has 9 nitrogen and oxygen atoms in total. The van der Waals surface area contributed by atoms with E-state index in [1.165, 1.54) is 25.3 Å². The molecular weight excluding hydrogens is 390 g/mol. The number of aryl methyl sites for hydroxylation is 1. The Morgan fingerprint density at radius 1 is 1.03 bits per heavy atom. The van der Waals surface area contributed by atoms with Gasteiger partial charge in [-0.25, -0.2) is 0 Å². The fourth-order valence-corrected chi connectivity index (χ4v) is 2.46. The molecule has 0 saturated carbocycles. The monoisotopic (exact) mass is 415 g/mol. The zero-order valence-corrected chi connectivity index (χ0v) is 17.3. The molecular formula is C21H25N3O6. The molecule has 1 atom stereocenters. The lowest BCUT2D eigenvalue weighted by Crippen LogP contribution is -2.47. The Bertz CT molecular complexity index is 944. The van der Waals surface area contributed by atoms with Gasteiger partial charge in [-0.3, -0.25) is 25.2 Å². The quantitative estimate of drug-likeness (QED) is 0.559. The van der Waals surface area contributed by atoms with Crippen LogP contribution in [0.2, 0.25) is 0 Å². The Balaban J connectivity index is 1.96. The van der Waals surface area contributed by atoms with E-state index in [0.717, 1.165) is 11.1 Å². The molecule has 0 unspecified atom stereocenters. The van der Waals surface area contributed by atoms with Crippen molar-refractivity contribution in [2.45, 2.75) is 26.9 Å². The molecule has 0 saturated heterocycles. The van der Waals surface area contributed by atoms with Crippen LogP contribution < -0.4 is 30.8 Å². The van der Waals surface area contributed by atoms with Gasteiger partial charge in [0, 0.05) is 5.56 Å². The van der Waals surface area contributed by atoms with Crippen molar-refractivity contribution in [1.82, 2.24) is 10.9 Å². The molecule has 0 radical (unpaired) electrons. The van der Waals surface area contributed by atoms with E-state index in [1.54, 1.807) is 13.0 Å². The first-order valence-corrected chi connectivity index (χ1v) is 9.15. The number of methoxy groups -OCH3 is 1. The van der Waals surface area contributed by atoms with Gasteiger partial charge in [0.15, 0.2) is 24.2 Å². The average molecular weight is 415 g/mol. The van der Waals surface area contributed by atoms with Crippen LogP contribution in [0.1, 0.15) is 28.4 Å². The van der Waals surface area contributed by atoms with Gasteiger partial charge in [0.25, 0.3) is 17.7 Å². The van der Waals surface area contributed by atoms with Crippen LogP contribution in [0.4, 0.5) is 0 Å². The zero-order chi connectivity index (χ0) is 22.3. The minimum atomic E-state index is -0.829. The van der Waals surface area contributed by atoms with Gasteiger partial charge >= 0.3 is 0 Å². The smallest absolute Gasteiger partial charge is 0.279 e. The van der Waals surface area contributed by atoms with Crippen molar-refractivity contribution in [3.63, 3.8) is 0 Å². The third kappa shape index (κ3) is 5.87. The van der Waals surface area contributed by atoms with Crippen LogP contribution in [-0.2, 0) is 9.59 Å². The topological polar surface area (TPSA) is 129 Å². The second kappa shape index (κ2) is 10.1. The van der Waals surface area contributed by atoms with Crippen molar-refractivity contribution in [3.05, 3.63) is 53.1 Å². The third-order valence-corrected chi connectivity index (χ3v) is 4.32. The molecule has 30 heavy (non-hydrogen) atoms. The van der Waals surface area contributed by atoms with Gasteiger partial charge in [0.2, 0.25) is 0 Å². The molecule has 0 aromatic heterocycles. The number of primary amides is 1. The zero-order valence-electron chi connectivity index (χ0n) is 17.3. The largest absolute Gasteiger partial charge is 0.493 e. The molecule has 0 aliphatic rings. The molecule has 2 aromatic carbocycles. The molecule has 4 N–H and O–H groups in total. The molecule has 3 amide bonds. The van der Waals surface area contributed by atoms with Crippen molar-refractivity contribution >= 4 is 17.7 Å². The van der Waals surface area contributed by atoms with Gasteiger partial charge in [-0.05, 0) is 56.2 Å². The van der Waals surface area contributed by atoms with E-state index in [9.17, 15) is 14.4 Å². The first kappa shape index (κ1) is 22.5. The van der Waals surface area contributed by atoms with Gasteiger partial charge in [0.05, 0.1) is 7.11 Å². The van der Waals surface area contributed by atoms with Gasteiger partial charge in [-0.2, -0.15) is 0 Å². The van der Waals surface area contributed by atoms with E-state index >= 15 is 0 Å². The van der Waals surface area contributed by atoms with E-state index in [4.69, 9.17) is 19.9 Å². The van der Waals surface area contributed by atoms with Crippen molar-refractivity contribution in [2.75, 3.05) is 13.7 Å². The lowest BCUT2D eigenvalue weighted by Gasteiger charge is -2.17. The number of hydrazine groups is 1. The first-order valence-electron chi connectivity index (χ1n) is 9.15. The lowest BCUT2D eigenvalue weighted by atomic mass is 10.1. The summed E-state index contributed by atoms with van der Waals surface area (Å²) in [6, 6.07) is 9.90. The summed E-state index contributed by atoms with van der Waals surface area (Å²) >= 11 is 0. The Morgan fingerprint density at radius 2 is 1.77 bits per heavy atom. The van der Waals surface area contributed by atoms with E-state index < -0.39 is 23.8 Å². The highest BCUT2D eigenvalue weighted by Gasteiger charge is 2.18. The van der Waals surface area contributed by atoms with Crippen molar-refractivity contribution in [3.8, 4) is 17.2 Å². The molecule has 160 valence electrons. The highest BCUT2D eigenvalue weighted by molar-refractivity contribution is 5.96. The van der Waals surface area contributed by atoms with Crippen LogP contribution in [0.5, 0.6) is 17.2 Å². The van der Waals surface area contributed by atoms with Crippen LogP contribution >= 0.6 is 0 Å². The second-order valence-electron chi connectivity index (χ2n) is 6.52. The molecule has 0 aliphatic heterocycles. The summed E-state index contributed by atoms with van der Waals surface area (Å²) in [4.78, 5) is 35.4. The van der Waals surface area contributed by atoms with Crippen LogP contribution in [0.25, 0.3) is 0 Å². The number of amides is 3. The van der Waals surface area contributed by atoms with Crippen molar-refractivity contribution < 1.29 is 28.6 Å². The predicted octanol–water partition coefficient (Wildman–Crippen LogP) is 1.40. The summed E-state index contributed by atoms with van der Waals surface area (Å²) in [6.07, 6.45) is -0.829. The molecule has 0 aliphatic carbocycles. The molecule has 0 fully saturated rings. The van der Waals surface area contributed by atoms with Crippen LogP contribution in [-0.4, -0.2) is 37.5 Å². The molecule has 0 heterocycles. The maximum Gasteiger partial charge on any atom is 0.279 e. The second-order valence-corrected chi connectivity index (χ2v) is 6.52. The Kier molecular flexibility index (Phi) is 7.62. The van der Waals surface area contributed by atoms with E-state index in [2.05, 4.69) is 10.9 Å². The number of nitrogens with two attached hydrogens (primary N) is 1. The minimum absolute atomic E-state index is 0.210. The SMILES string of the molecule is COc1cc(C(=O)NNC(=O)[C@@H](C)Oc2cccc(C)c2C)ccc1OCC(N)=O. The molecule has 0 bridgehead atoms. The van der Waals surface area contributed by atoms with Crippen molar-refractivity contribution in [2.24, 2.45) is 5.73 Å². The maximum absolute atomic E-state index is 12.3. The summed E-state index contributed by atoms with van der Waals surface area (Å²) in [5.74, 6) is -0.631. The normalized spacial score (nSPS) is 11.2. The minimum Gasteiger partial charge on any atom is -0.493 e. The molecule has 2 aromatic rings. The summed E-state index contributed by atoms with van der Waals surface area (Å²) < 4.78 is 16.1. The third-order valence-electron chi connectivity index (χ3n) is 4.32. The number of benzene rings is 2. The number of carbonyl (C=O) groups is 3. The number of carbonyl (C=O) groups excluding carboxylic acids is 3. The summed E-state index contributed by atoms with van der Waals surface area (Å²) in [7, 11) is 1.39. The van der Waals surface area contributed by atoms with Crippen LogP contribution in [0.15, 0.2) is 36.4 Å². The van der Waals surface area contributed by atoms with E-state index in [1.807, 2.05) is 26.0 Å². The molecule has 0 spiro atoms. The summed E-state index contributed by atoms with van der Waals surface area (Å²) in [5, 5.41) is 0. The first-order chi connectivity index (χ1) is 14.2. The van der Waals surface area contributed by atoms with Gasteiger partial charge in [0.1, 0.15) is 5.75 Å². The van der Waals surface area contributed by atoms with Gasteiger partial charge in [-0.1, -0.05) is 12.1 Å². The number of hydrogen-bond donors (Lipinski definition) is 3. The predicted molar refractivity (Wildman–Crippen MR) is 109 cm³/mol. The lowest BCUT2D eigenvalue weighted by molar-refractivity contribution is -0.128. The van der Waals surface area contributed by atoms with Gasteiger partial charge < -0.3 is 19.9 Å². The standard InChI is InChI=1S/C21H25N3O6/c1-12-6-5-7-16(13(12)2)30-14(3)20(26)23-24-21(27)15-8-9-17(18(10-15)28-4)29-11-19(22)25/h5-10,14H,11H2,1-4H3,(H2,22,25)(H,23,26)(H,24,27)/t14-/m1/s1. The van der Waals surface area contributed by atoms with E-state index in [0.29, 0.717) is 5.75 Å². The van der Waals surface area contributed by atoms with E-state index in [-0.39, 0.29) is 23.7 Å². The number of rotatable bonds is 8. The Labute approximate surface area is 174 Å². The number of hydrogen-bond acceptors (Lipinski definition) is 6. The number of nitrogens with one attached hydrogen (secondary N) is 2. The van der Waals surface area contributed by atoms with Crippen molar-refractivity contribution in [1.29, 1.82) is 0 Å². The molecule has 2 rings (SSSR count). The average Bonchev–Trinajstić information content (AvgIpc) is 2.73. The fourth-order valence-electron chi connectivity index (χ4n) is 2.46. The highest BCUT2D eigenvalue weighted by atomic mass is 16.5. The Hall–Kier alpha value is -3.75. The number of ether oxygens (including phenoxy) is 3. The summed E-state index contributed by atoms with van der Waals surface area (Å²) in [5.41, 5.74) is 11.9. The summed E-state index contributed by atoms with van der Waals surface area (Å²) in [6.45, 7) is 5.11. The maximum atomic E-state index is 12.3. The van der Waals surface area contributed by atoms with Gasteiger partial charge in [-0.15, -0.1) is 0 Å². The Morgan fingerprint density at radius 3 is 2.43 bits per heavy atom.